The van der Waals surface area contributed by atoms with Crippen LogP contribution < -0.4 is 11.2 Å². The van der Waals surface area contributed by atoms with Gasteiger partial charge in [0.25, 0.3) is 5.91 Å². The summed E-state index contributed by atoms with van der Waals surface area (Å²) in [6.07, 6.45) is 1.43. The predicted octanol–water partition coefficient (Wildman–Crippen LogP) is 5.96. The number of phenolic OH excluding ortho intramolecular Hbond substituents is 1. The van der Waals surface area contributed by atoms with Crippen molar-refractivity contribution in [2.24, 2.45) is 15.3 Å². The third kappa shape index (κ3) is 4.58. The Hall–Kier alpha value is -4.23. The zero-order chi connectivity index (χ0) is 22.5. The molecule has 0 aliphatic heterocycles. The van der Waals surface area contributed by atoms with Crippen LogP contribution in [0.25, 0.3) is 10.8 Å². The summed E-state index contributed by atoms with van der Waals surface area (Å²) in [6, 6.07) is 22.7. The van der Waals surface area contributed by atoms with Crippen LogP contribution in [0.5, 0.6) is 5.75 Å². The van der Waals surface area contributed by atoms with Crippen molar-refractivity contribution in [1.29, 1.82) is 0 Å². The standard InChI is InChI=1S/C24H18ClN5O2/c25-21-8-4-2-6-16(21)14-27-30-24(32)20-13-15-5-1-3-7-19(15)22(23(20)31)29-28-18-11-9-17(26)10-12-18/h1-14,31H,26H2,(H,30,32)/b27-14+,29-28?. The molecule has 0 heterocycles. The summed E-state index contributed by atoms with van der Waals surface area (Å²) in [5, 5.41) is 25.0. The van der Waals surface area contributed by atoms with E-state index in [1.807, 2.05) is 24.3 Å². The van der Waals surface area contributed by atoms with Crippen LogP contribution in [0.3, 0.4) is 0 Å². The molecule has 0 unspecified atom stereocenters. The van der Waals surface area contributed by atoms with Crippen LogP contribution >= 0.6 is 11.6 Å². The number of hydrogen-bond donors (Lipinski definition) is 3. The molecule has 0 atom stereocenters. The summed E-state index contributed by atoms with van der Waals surface area (Å²) in [5.74, 6) is -0.895. The maximum atomic E-state index is 12.7. The predicted molar refractivity (Wildman–Crippen MR) is 127 cm³/mol. The molecule has 0 aromatic heterocycles. The van der Waals surface area contributed by atoms with Gasteiger partial charge >= 0.3 is 0 Å². The number of carbonyl (C=O) groups is 1. The highest BCUT2D eigenvalue weighted by molar-refractivity contribution is 6.33. The van der Waals surface area contributed by atoms with Crippen molar-refractivity contribution in [1.82, 2.24) is 5.43 Å². The van der Waals surface area contributed by atoms with E-state index in [2.05, 4.69) is 20.8 Å². The maximum Gasteiger partial charge on any atom is 0.275 e. The number of rotatable bonds is 5. The van der Waals surface area contributed by atoms with Gasteiger partial charge < -0.3 is 10.8 Å². The largest absolute Gasteiger partial charge is 0.505 e. The zero-order valence-corrected chi connectivity index (χ0v) is 17.5. The minimum atomic E-state index is -0.597. The molecule has 0 aliphatic rings. The molecule has 158 valence electrons. The first kappa shape index (κ1) is 21.0. The first-order chi connectivity index (χ1) is 15.5. The number of anilines is 1. The molecular weight excluding hydrogens is 426 g/mol. The second-order valence-electron chi connectivity index (χ2n) is 6.85. The lowest BCUT2D eigenvalue weighted by Gasteiger charge is -2.09. The van der Waals surface area contributed by atoms with E-state index < -0.39 is 5.91 Å². The number of nitrogens with zero attached hydrogens (tertiary/aromatic N) is 3. The first-order valence-corrected chi connectivity index (χ1v) is 10.0. The van der Waals surface area contributed by atoms with Gasteiger partial charge in [0, 0.05) is 21.7 Å². The van der Waals surface area contributed by atoms with E-state index in [-0.39, 0.29) is 17.0 Å². The molecule has 1 amide bonds. The summed E-state index contributed by atoms with van der Waals surface area (Å²) in [4.78, 5) is 12.7. The third-order valence-electron chi connectivity index (χ3n) is 4.67. The van der Waals surface area contributed by atoms with Crippen LogP contribution in [0.15, 0.2) is 94.2 Å². The Morgan fingerprint density at radius 3 is 2.47 bits per heavy atom. The molecule has 0 fully saturated rings. The van der Waals surface area contributed by atoms with Crippen molar-refractivity contribution >= 4 is 51.6 Å². The van der Waals surface area contributed by atoms with Gasteiger partial charge in [-0.15, -0.1) is 5.11 Å². The number of benzene rings is 4. The number of azo groups is 1. The van der Waals surface area contributed by atoms with Crippen LogP contribution in [-0.4, -0.2) is 17.2 Å². The fraction of sp³-hybridized carbons (Fsp3) is 0. The topological polar surface area (TPSA) is 112 Å². The average Bonchev–Trinajstić information content (AvgIpc) is 2.80. The van der Waals surface area contributed by atoms with E-state index >= 15 is 0 Å². The van der Waals surface area contributed by atoms with Gasteiger partial charge in [0.15, 0.2) is 5.75 Å². The fourth-order valence-electron chi connectivity index (χ4n) is 3.04. The highest BCUT2D eigenvalue weighted by Gasteiger charge is 2.18. The summed E-state index contributed by atoms with van der Waals surface area (Å²) in [7, 11) is 0. The van der Waals surface area contributed by atoms with Crippen LogP contribution in [0.4, 0.5) is 17.1 Å². The van der Waals surface area contributed by atoms with Gasteiger partial charge in [0.2, 0.25) is 0 Å². The maximum absolute atomic E-state index is 12.7. The molecular formula is C24H18ClN5O2. The molecule has 4 aromatic rings. The van der Waals surface area contributed by atoms with Gasteiger partial charge in [-0.1, -0.05) is 54.1 Å². The second kappa shape index (κ2) is 9.28. The highest BCUT2D eigenvalue weighted by atomic mass is 35.5. The van der Waals surface area contributed by atoms with E-state index in [1.54, 1.807) is 54.6 Å². The molecule has 0 saturated carbocycles. The van der Waals surface area contributed by atoms with Crippen LogP contribution in [0, 0.1) is 0 Å². The molecule has 0 spiro atoms. The van der Waals surface area contributed by atoms with E-state index in [0.717, 1.165) is 5.39 Å². The number of hydrogen-bond acceptors (Lipinski definition) is 6. The van der Waals surface area contributed by atoms with Crippen LogP contribution in [0.2, 0.25) is 5.02 Å². The molecule has 8 heteroatoms. The van der Waals surface area contributed by atoms with Crippen molar-refractivity contribution in [3.8, 4) is 5.75 Å². The van der Waals surface area contributed by atoms with Crippen LogP contribution in [-0.2, 0) is 0 Å². The molecule has 4 N–H and O–H groups in total. The number of nitrogens with one attached hydrogen (secondary N) is 1. The fourth-order valence-corrected chi connectivity index (χ4v) is 3.23. The monoisotopic (exact) mass is 443 g/mol. The van der Waals surface area contributed by atoms with Crippen molar-refractivity contribution < 1.29 is 9.90 Å². The Morgan fingerprint density at radius 1 is 0.969 bits per heavy atom. The van der Waals surface area contributed by atoms with E-state index in [1.165, 1.54) is 6.21 Å². The number of hydrazone groups is 1. The minimum Gasteiger partial charge on any atom is -0.505 e. The first-order valence-electron chi connectivity index (χ1n) is 9.63. The number of nitrogens with two attached hydrogens (primary N) is 1. The second-order valence-corrected chi connectivity index (χ2v) is 7.26. The number of fused-ring (bicyclic) bond motifs is 1. The lowest BCUT2D eigenvalue weighted by Crippen LogP contribution is -2.17. The summed E-state index contributed by atoms with van der Waals surface area (Å²) in [6.45, 7) is 0. The Bertz CT molecular complexity index is 1350. The van der Waals surface area contributed by atoms with Crippen molar-refractivity contribution in [2.75, 3.05) is 5.73 Å². The molecule has 32 heavy (non-hydrogen) atoms. The van der Waals surface area contributed by atoms with Gasteiger partial charge in [0.1, 0.15) is 5.69 Å². The lowest BCUT2D eigenvalue weighted by atomic mass is 10.0. The number of amides is 1. The molecule has 7 nitrogen and oxygen atoms in total. The van der Waals surface area contributed by atoms with Gasteiger partial charge in [-0.2, -0.15) is 10.2 Å². The number of nitrogen functional groups attached to an aromatic ring is 1. The third-order valence-corrected chi connectivity index (χ3v) is 5.02. The average molecular weight is 444 g/mol. The Kier molecular flexibility index (Phi) is 6.10. The summed E-state index contributed by atoms with van der Waals surface area (Å²) in [5.41, 5.74) is 10.1. The van der Waals surface area contributed by atoms with Gasteiger partial charge in [-0.25, -0.2) is 5.43 Å². The Morgan fingerprint density at radius 2 is 1.69 bits per heavy atom. The van der Waals surface area contributed by atoms with Crippen LogP contribution in [0.1, 0.15) is 15.9 Å². The Labute approximate surface area is 188 Å². The van der Waals surface area contributed by atoms with Gasteiger partial charge in [-0.3, -0.25) is 4.79 Å². The van der Waals surface area contributed by atoms with Crippen molar-refractivity contribution in [2.45, 2.75) is 0 Å². The number of halogens is 1. The summed E-state index contributed by atoms with van der Waals surface area (Å²) >= 11 is 6.09. The smallest absolute Gasteiger partial charge is 0.275 e. The molecule has 0 radical (unpaired) electrons. The normalized spacial score (nSPS) is 11.4. The molecule has 4 rings (SSSR count). The van der Waals surface area contributed by atoms with Crippen molar-refractivity contribution in [3.63, 3.8) is 0 Å². The van der Waals surface area contributed by atoms with Gasteiger partial charge in [0.05, 0.1) is 17.5 Å². The number of carbonyl (C=O) groups excluding carboxylic acids is 1. The van der Waals surface area contributed by atoms with E-state index in [9.17, 15) is 9.90 Å². The van der Waals surface area contributed by atoms with Crippen molar-refractivity contribution in [3.05, 3.63) is 95.0 Å². The molecule has 0 bridgehead atoms. The molecule has 0 aliphatic carbocycles. The summed E-state index contributed by atoms with van der Waals surface area (Å²) < 4.78 is 0. The number of aromatic hydroxyl groups is 1. The van der Waals surface area contributed by atoms with E-state index in [4.69, 9.17) is 17.3 Å². The molecule has 0 saturated heterocycles. The quantitative estimate of drug-likeness (QED) is 0.153. The molecule has 4 aromatic carbocycles. The minimum absolute atomic E-state index is 0.0197. The zero-order valence-electron chi connectivity index (χ0n) is 16.7. The Balaban J connectivity index is 1.67. The lowest BCUT2D eigenvalue weighted by molar-refractivity contribution is 0.0952. The number of phenols is 1. The van der Waals surface area contributed by atoms with Gasteiger partial charge in [-0.05, 0) is 41.8 Å². The highest BCUT2D eigenvalue weighted by Crippen LogP contribution is 2.39. The van der Waals surface area contributed by atoms with E-state index in [0.29, 0.717) is 27.3 Å². The SMILES string of the molecule is Nc1ccc(N=Nc2c(O)c(C(=O)N/N=C/c3ccccc3Cl)cc3ccccc23)cc1.